The van der Waals surface area contributed by atoms with Crippen LogP contribution in [0, 0.1) is 11.6 Å². The number of anilines is 2. The highest BCUT2D eigenvalue weighted by atomic mass is 35.5. The molecule has 26 heavy (non-hydrogen) atoms. The lowest BCUT2D eigenvalue weighted by Gasteiger charge is -2.09. The maximum atomic E-state index is 13.6. The number of benzene rings is 2. The molecule has 2 N–H and O–H groups in total. The summed E-state index contributed by atoms with van der Waals surface area (Å²) in [5, 5.41) is 6.17. The molecule has 0 bridgehead atoms. The van der Waals surface area contributed by atoms with Crippen LogP contribution >= 0.6 is 11.6 Å². The Labute approximate surface area is 153 Å². The second kappa shape index (κ2) is 7.93. The molecule has 1 amide bonds. The van der Waals surface area contributed by atoms with E-state index in [1.807, 2.05) is 18.2 Å². The molecule has 4 nitrogen and oxygen atoms in total. The number of nitrogens with zero attached hydrogens (tertiary/aromatic N) is 1. The minimum atomic E-state index is -0.851. The lowest BCUT2D eigenvalue weighted by Crippen LogP contribution is -2.14. The number of carbonyl (C=O) groups excluding carboxylic acids is 1. The van der Waals surface area contributed by atoms with Gasteiger partial charge in [-0.2, -0.15) is 0 Å². The van der Waals surface area contributed by atoms with Crippen LogP contribution in [0.25, 0.3) is 0 Å². The van der Waals surface area contributed by atoms with Gasteiger partial charge in [-0.15, -0.1) is 0 Å². The van der Waals surface area contributed by atoms with E-state index in [2.05, 4.69) is 15.6 Å². The maximum absolute atomic E-state index is 13.6. The summed E-state index contributed by atoms with van der Waals surface area (Å²) in [5.41, 5.74) is 1.63. The molecule has 0 spiro atoms. The average Bonchev–Trinajstić information content (AvgIpc) is 2.64. The predicted octanol–water partition coefficient (Wildman–Crippen LogP) is 4.88. The van der Waals surface area contributed by atoms with Gasteiger partial charge in [-0.25, -0.2) is 13.8 Å². The molecule has 1 heterocycles. The van der Waals surface area contributed by atoms with Crippen LogP contribution in [0.2, 0.25) is 5.02 Å². The first-order chi connectivity index (χ1) is 12.5. The van der Waals surface area contributed by atoms with Gasteiger partial charge in [0.1, 0.15) is 17.3 Å². The highest BCUT2D eigenvalue weighted by Gasteiger charge is 2.11. The highest BCUT2D eigenvalue weighted by Crippen LogP contribution is 2.18. The van der Waals surface area contributed by atoms with Gasteiger partial charge < -0.3 is 10.6 Å². The standard InChI is InChI=1S/C19H14ClF2N3O/c20-15-4-2-1-3-12(15)10-23-14-6-8-18(24-11-14)19(26)25-17-7-5-13(21)9-16(17)22/h1-9,11,23H,10H2,(H,25,26). The van der Waals surface area contributed by atoms with Crippen molar-refractivity contribution < 1.29 is 13.6 Å². The first-order valence-corrected chi connectivity index (χ1v) is 8.10. The maximum Gasteiger partial charge on any atom is 0.274 e. The third-order valence-corrected chi connectivity index (χ3v) is 3.98. The van der Waals surface area contributed by atoms with Gasteiger partial charge in [-0.05, 0) is 35.9 Å². The van der Waals surface area contributed by atoms with Crippen molar-refractivity contribution in [2.45, 2.75) is 6.54 Å². The SMILES string of the molecule is O=C(Nc1ccc(F)cc1F)c1ccc(NCc2ccccc2Cl)cn1. The summed E-state index contributed by atoms with van der Waals surface area (Å²) in [4.78, 5) is 16.2. The van der Waals surface area contributed by atoms with Crippen molar-refractivity contribution in [1.29, 1.82) is 0 Å². The predicted molar refractivity (Wildman–Crippen MR) is 97.3 cm³/mol. The van der Waals surface area contributed by atoms with Crippen LogP contribution in [-0.4, -0.2) is 10.9 Å². The van der Waals surface area contributed by atoms with Gasteiger partial charge in [-0.3, -0.25) is 4.79 Å². The smallest absolute Gasteiger partial charge is 0.274 e. The van der Waals surface area contributed by atoms with Crippen molar-refractivity contribution in [2.75, 3.05) is 10.6 Å². The summed E-state index contributed by atoms with van der Waals surface area (Å²) in [5.74, 6) is -2.16. The number of rotatable bonds is 5. The molecule has 0 saturated heterocycles. The van der Waals surface area contributed by atoms with E-state index in [1.54, 1.807) is 12.1 Å². The van der Waals surface area contributed by atoms with Crippen molar-refractivity contribution in [3.8, 4) is 0 Å². The van der Waals surface area contributed by atoms with Gasteiger partial charge in [0.2, 0.25) is 0 Å². The van der Waals surface area contributed by atoms with E-state index in [4.69, 9.17) is 11.6 Å². The van der Waals surface area contributed by atoms with Gasteiger partial charge in [-0.1, -0.05) is 29.8 Å². The normalized spacial score (nSPS) is 10.4. The number of aromatic nitrogens is 1. The molecule has 7 heteroatoms. The van der Waals surface area contributed by atoms with E-state index >= 15 is 0 Å². The van der Waals surface area contributed by atoms with Crippen molar-refractivity contribution >= 4 is 28.9 Å². The largest absolute Gasteiger partial charge is 0.380 e. The first-order valence-electron chi connectivity index (χ1n) is 7.72. The fourth-order valence-corrected chi connectivity index (χ4v) is 2.45. The zero-order chi connectivity index (χ0) is 18.5. The van der Waals surface area contributed by atoms with Crippen molar-refractivity contribution in [2.24, 2.45) is 0 Å². The molecule has 2 aromatic carbocycles. The van der Waals surface area contributed by atoms with E-state index in [1.165, 1.54) is 12.3 Å². The van der Waals surface area contributed by atoms with E-state index in [0.29, 0.717) is 23.3 Å². The minimum Gasteiger partial charge on any atom is -0.380 e. The minimum absolute atomic E-state index is 0.108. The third-order valence-electron chi connectivity index (χ3n) is 3.62. The van der Waals surface area contributed by atoms with Crippen molar-refractivity contribution in [1.82, 2.24) is 4.98 Å². The second-order valence-corrected chi connectivity index (χ2v) is 5.86. The van der Waals surface area contributed by atoms with Crippen LogP contribution in [0.3, 0.4) is 0 Å². The highest BCUT2D eigenvalue weighted by molar-refractivity contribution is 6.31. The Balaban J connectivity index is 1.63. The molecular formula is C19H14ClF2N3O. The molecule has 0 aliphatic rings. The molecule has 0 fully saturated rings. The van der Waals surface area contributed by atoms with Gasteiger partial charge in [0.25, 0.3) is 5.91 Å². The number of amides is 1. The Morgan fingerprint density at radius 3 is 2.58 bits per heavy atom. The number of hydrogen-bond acceptors (Lipinski definition) is 3. The third kappa shape index (κ3) is 4.34. The van der Waals surface area contributed by atoms with Crippen LogP contribution in [-0.2, 0) is 6.54 Å². The summed E-state index contributed by atoms with van der Waals surface area (Å²) in [6.07, 6.45) is 1.49. The summed E-state index contributed by atoms with van der Waals surface area (Å²) < 4.78 is 26.5. The molecule has 0 radical (unpaired) electrons. The number of nitrogens with one attached hydrogen (secondary N) is 2. The van der Waals surface area contributed by atoms with Crippen molar-refractivity contribution in [3.63, 3.8) is 0 Å². The van der Waals surface area contributed by atoms with E-state index in [-0.39, 0.29) is 11.4 Å². The fourth-order valence-electron chi connectivity index (χ4n) is 2.25. The Morgan fingerprint density at radius 2 is 1.88 bits per heavy atom. The zero-order valence-electron chi connectivity index (χ0n) is 13.5. The molecule has 132 valence electrons. The molecule has 0 aliphatic carbocycles. The molecular weight excluding hydrogens is 360 g/mol. The van der Waals surface area contributed by atoms with E-state index in [0.717, 1.165) is 17.7 Å². The van der Waals surface area contributed by atoms with E-state index < -0.39 is 17.5 Å². The average molecular weight is 374 g/mol. The monoisotopic (exact) mass is 373 g/mol. The number of pyridine rings is 1. The topological polar surface area (TPSA) is 54.0 Å². The summed E-state index contributed by atoms with van der Waals surface area (Å²) in [6.45, 7) is 0.508. The van der Waals surface area contributed by atoms with Gasteiger partial charge in [0.05, 0.1) is 17.6 Å². The Kier molecular flexibility index (Phi) is 5.43. The molecule has 0 saturated carbocycles. The van der Waals surface area contributed by atoms with Crippen LogP contribution in [0.5, 0.6) is 0 Å². The molecule has 3 rings (SSSR count). The summed E-state index contributed by atoms with van der Waals surface area (Å²) in [6, 6.07) is 13.6. The fraction of sp³-hybridized carbons (Fsp3) is 0.0526. The number of halogens is 3. The summed E-state index contributed by atoms with van der Waals surface area (Å²) in [7, 11) is 0. The zero-order valence-corrected chi connectivity index (χ0v) is 14.2. The number of carbonyl (C=O) groups is 1. The van der Waals surface area contributed by atoms with Gasteiger partial charge in [0.15, 0.2) is 0 Å². The molecule has 0 aliphatic heterocycles. The summed E-state index contributed by atoms with van der Waals surface area (Å²) >= 11 is 6.09. The van der Waals surface area contributed by atoms with Gasteiger partial charge >= 0.3 is 0 Å². The first kappa shape index (κ1) is 17.8. The Bertz CT molecular complexity index is 932. The molecule has 1 aromatic heterocycles. The van der Waals surface area contributed by atoms with Gasteiger partial charge in [0, 0.05) is 17.6 Å². The molecule has 0 atom stereocenters. The molecule has 3 aromatic rings. The quantitative estimate of drug-likeness (QED) is 0.670. The van der Waals surface area contributed by atoms with E-state index in [9.17, 15) is 13.6 Å². The van der Waals surface area contributed by atoms with Crippen LogP contribution in [0.1, 0.15) is 16.1 Å². The Morgan fingerprint density at radius 1 is 1.08 bits per heavy atom. The van der Waals surface area contributed by atoms with Crippen LogP contribution in [0.4, 0.5) is 20.2 Å². The van der Waals surface area contributed by atoms with Crippen LogP contribution in [0.15, 0.2) is 60.8 Å². The van der Waals surface area contributed by atoms with Crippen molar-refractivity contribution in [3.05, 3.63) is 88.7 Å². The lowest BCUT2D eigenvalue weighted by molar-refractivity contribution is 0.102. The lowest BCUT2D eigenvalue weighted by atomic mass is 10.2. The molecule has 0 unspecified atom stereocenters. The Hall–Kier alpha value is -2.99. The number of hydrogen-bond donors (Lipinski definition) is 2. The second-order valence-electron chi connectivity index (χ2n) is 5.46. The van der Waals surface area contributed by atoms with Crippen LogP contribution < -0.4 is 10.6 Å².